The third-order valence-electron chi connectivity index (χ3n) is 4.81. The summed E-state index contributed by atoms with van der Waals surface area (Å²) in [4.78, 5) is 12.9. The minimum Gasteiger partial charge on any atom is -0.508 e. The molecule has 0 atom stereocenters. The number of aromatic hydroxyl groups is 3. The van der Waals surface area contributed by atoms with Crippen LogP contribution in [0, 0.1) is 0 Å². The van der Waals surface area contributed by atoms with Crippen molar-refractivity contribution in [3.05, 3.63) is 70.3 Å². The van der Waals surface area contributed by atoms with Crippen molar-refractivity contribution >= 4 is 17.9 Å². The fourth-order valence-corrected chi connectivity index (χ4v) is 3.18. The summed E-state index contributed by atoms with van der Waals surface area (Å²) < 4.78 is 6.09. The van der Waals surface area contributed by atoms with Gasteiger partial charge in [-0.2, -0.15) is 0 Å². The molecule has 3 N–H and O–H groups in total. The van der Waals surface area contributed by atoms with Gasteiger partial charge in [-0.15, -0.1) is 0 Å². The van der Waals surface area contributed by atoms with Crippen LogP contribution >= 0.6 is 0 Å². The van der Waals surface area contributed by atoms with Gasteiger partial charge in [0.05, 0.1) is 5.56 Å². The van der Waals surface area contributed by atoms with Gasteiger partial charge in [0.25, 0.3) is 0 Å². The van der Waals surface area contributed by atoms with E-state index < -0.39 is 11.4 Å². The van der Waals surface area contributed by atoms with E-state index in [1.165, 1.54) is 30.4 Å². The Bertz CT molecular complexity index is 1080. The summed E-state index contributed by atoms with van der Waals surface area (Å²) in [6.45, 7) is 7.80. The van der Waals surface area contributed by atoms with Gasteiger partial charge < -0.3 is 20.1 Å². The van der Waals surface area contributed by atoms with Gasteiger partial charge >= 0.3 is 0 Å². The lowest BCUT2D eigenvalue weighted by Gasteiger charge is -2.30. The van der Waals surface area contributed by atoms with Gasteiger partial charge in [-0.3, -0.25) is 4.79 Å². The van der Waals surface area contributed by atoms with Gasteiger partial charge in [-0.1, -0.05) is 17.7 Å². The summed E-state index contributed by atoms with van der Waals surface area (Å²) >= 11 is 0. The molecule has 0 amide bonds. The summed E-state index contributed by atoms with van der Waals surface area (Å²) in [6, 6.07) is 5.73. The van der Waals surface area contributed by atoms with E-state index in [0.717, 1.165) is 11.1 Å². The largest absolute Gasteiger partial charge is 0.508 e. The Morgan fingerprint density at radius 3 is 2.53 bits per heavy atom. The zero-order valence-electron chi connectivity index (χ0n) is 17.6. The molecule has 0 aliphatic carbocycles. The van der Waals surface area contributed by atoms with Gasteiger partial charge in [0.15, 0.2) is 5.78 Å². The van der Waals surface area contributed by atoms with E-state index in [9.17, 15) is 20.1 Å². The fraction of sp³-hybridized carbons (Fsp3) is 0.240. The van der Waals surface area contributed by atoms with Crippen molar-refractivity contribution in [1.82, 2.24) is 0 Å². The lowest BCUT2D eigenvalue weighted by atomic mass is 9.93. The molecule has 2 aromatic rings. The van der Waals surface area contributed by atoms with E-state index in [2.05, 4.69) is 0 Å². The molecule has 156 valence electrons. The van der Waals surface area contributed by atoms with Crippen LogP contribution in [0.1, 0.15) is 54.7 Å². The highest BCUT2D eigenvalue weighted by Gasteiger charge is 2.28. The van der Waals surface area contributed by atoms with Crippen LogP contribution in [0.15, 0.2) is 48.1 Å². The number of ketones is 1. The average molecular weight is 406 g/mol. The first-order chi connectivity index (χ1) is 14.1. The maximum Gasteiger partial charge on any atom is 0.189 e. The Kier molecular flexibility index (Phi) is 5.74. The minimum atomic E-state index is -0.513. The summed E-state index contributed by atoms with van der Waals surface area (Å²) in [5.74, 6) is -0.144. The number of hydrogen-bond donors (Lipinski definition) is 3. The third kappa shape index (κ3) is 4.57. The molecule has 0 saturated carbocycles. The standard InChI is InChI=1S/C25H26O5/c1-15(2)5-9-19-23(29)20(13-17-11-12-25(3,4)30-24(17)19)21(27)10-7-16-6-8-18(26)14-22(16)28/h5-8,10-14,26,28-29H,9H2,1-4H3/b10-7+. The average Bonchev–Trinajstić information content (AvgIpc) is 2.65. The van der Waals surface area contributed by atoms with Gasteiger partial charge in [0.2, 0.25) is 0 Å². The normalized spacial score (nSPS) is 14.3. The number of carbonyl (C=O) groups excluding carboxylic acids is 1. The van der Waals surface area contributed by atoms with Crippen molar-refractivity contribution < 1.29 is 24.9 Å². The monoisotopic (exact) mass is 406 g/mol. The van der Waals surface area contributed by atoms with Crippen LogP contribution < -0.4 is 4.74 Å². The number of ether oxygens (including phenoxy) is 1. The Balaban J connectivity index is 2.04. The summed E-state index contributed by atoms with van der Waals surface area (Å²) in [7, 11) is 0. The first-order valence-corrected chi connectivity index (χ1v) is 9.72. The van der Waals surface area contributed by atoms with Crippen LogP contribution in [0.25, 0.3) is 12.2 Å². The maximum absolute atomic E-state index is 12.9. The van der Waals surface area contributed by atoms with Gasteiger partial charge in [-0.05, 0) is 70.5 Å². The Morgan fingerprint density at radius 2 is 1.87 bits per heavy atom. The number of phenolic OH excluding ortho intramolecular Hbond substituents is 3. The molecule has 0 radical (unpaired) electrons. The molecule has 2 aromatic carbocycles. The van der Waals surface area contributed by atoms with Crippen molar-refractivity contribution in [2.75, 3.05) is 0 Å². The SMILES string of the molecule is CC(C)=CCc1c(O)c(C(=O)/C=C/c2ccc(O)cc2O)cc2c1OC(C)(C)C=C2. The van der Waals surface area contributed by atoms with Crippen LogP contribution in [0.4, 0.5) is 0 Å². The number of fused-ring (bicyclic) bond motifs is 1. The van der Waals surface area contributed by atoms with Gasteiger partial charge in [0.1, 0.15) is 28.6 Å². The highest BCUT2D eigenvalue weighted by atomic mass is 16.5. The van der Waals surface area contributed by atoms with Crippen molar-refractivity contribution in [2.24, 2.45) is 0 Å². The third-order valence-corrected chi connectivity index (χ3v) is 4.81. The Morgan fingerprint density at radius 1 is 1.13 bits per heavy atom. The zero-order chi connectivity index (χ0) is 22.1. The predicted octanol–water partition coefficient (Wildman–Crippen LogP) is 5.39. The van der Waals surface area contributed by atoms with Crippen LogP contribution in [0.5, 0.6) is 23.0 Å². The quantitative estimate of drug-likeness (QED) is 0.352. The number of phenols is 3. The molecular weight excluding hydrogens is 380 g/mol. The first-order valence-electron chi connectivity index (χ1n) is 9.72. The van der Waals surface area contributed by atoms with Gasteiger partial charge in [-0.25, -0.2) is 0 Å². The number of allylic oxidation sites excluding steroid dienone is 3. The van der Waals surface area contributed by atoms with Gasteiger partial charge in [0, 0.05) is 22.8 Å². The van der Waals surface area contributed by atoms with E-state index in [0.29, 0.717) is 23.3 Å². The molecule has 5 nitrogen and oxygen atoms in total. The highest BCUT2D eigenvalue weighted by molar-refractivity contribution is 6.09. The molecule has 30 heavy (non-hydrogen) atoms. The molecule has 1 heterocycles. The van der Waals surface area contributed by atoms with E-state index in [1.54, 1.807) is 6.07 Å². The zero-order valence-corrected chi connectivity index (χ0v) is 17.6. The summed E-state index contributed by atoms with van der Waals surface area (Å²) in [5.41, 5.74) is 2.42. The smallest absolute Gasteiger partial charge is 0.189 e. The molecular formula is C25H26O5. The molecule has 0 saturated heterocycles. The predicted molar refractivity (Wildman–Crippen MR) is 118 cm³/mol. The van der Waals surface area contributed by atoms with Crippen molar-refractivity contribution in [3.8, 4) is 23.0 Å². The van der Waals surface area contributed by atoms with E-state index in [4.69, 9.17) is 4.74 Å². The number of rotatable bonds is 5. The molecule has 0 fully saturated rings. The number of hydrogen-bond acceptors (Lipinski definition) is 5. The minimum absolute atomic E-state index is 0.0677. The molecule has 3 rings (SSSR count). The second-order valence-electron chi connectivity index (χ2n) is 8.13. The number of carbonyl (C=O) groups is 1. The topological polar surface area (TPSA) is 87.0 Å². The lowest BCUT2D eigenvalue weighted by Crippen LogP contribution is -2.28. The number of benzene rings is 2. The molecule has 0 unspecified atom stereocenters. The van der Waals surface area contributed by atoms with Crippen LogP contribution in [0.2, 0.25) is 0 Å². The van der Waals surface area contributed by atoms with E-state index >= 15 is 0 Å². The molecule has 1 aliphatic rings. The molecule has 5 heteroatoms. The van der Waals surface area contributed by atoms with Crippen LogP contribution in [-0.2, 0) is 6.42 Å². The Labute approximate surface area is 176 Å². The van der Waals surface area contributed by atoms with E-state index in [1.807, 2.05) is 45.9 Å². The van der Waals surface area contributed by atoms with Crippen LogP contribution in [-0.4, -0.2) is 26.7 Å². The molecule has 0 spiro atoms. The second-order valence-corrected chi connectivity index (χ2v) is 8.13. The fourth-order valence-electron chi connectivity index (χ4n) is 3.18. The molecule has 1 aliphatic heterocycles. The van der Waals surface area contributed by atoms with Crippen molar-refractivity contribution in [3.63, 3.8) is 0 Å². The summed E-state index contributed by atoms with van der Waals surface area (Å²) in [6.07, 6.45) is 8.95. The maximum atomic E-state index is 12.9. The van der Waals surface area contributed by atoms with E-state index in [-0.39, 0.29) is 22.8 Å². The van der Waals surface area contributed by atoms with Crippen LogP contribution in [0.3, 0.4) is 0 Å². The van der Waals surface area contributed by atoms with Crippen molar-refractivity contribution in [2.45, 2.75) is 39.7 Å². The van der Waals surface area contributed by atoms with Crippen molar-refractivity contribution in [1.29, 1.82) is 0 Å². The summed E-state index contributed by atoms with van der Waals surface area (Å²) in [5, 5.41) is 30.2. The first kappa shape index (κ1) is 21.2. The molecule has 0 aromatic heterocycles. The molecule has 0 bridgehead atoms. The lowest BCUT2D eigenvalue weighted by molar-refractivity contribution is 0.104. The second kappa shape index (κ2) is 8.11. The Hall–Kier alpha value is -3.47. The highest BCUT2D eigenvalue weighted by Crippen LogP contribution is 2.41.